The number of aliphatic hydroxyl groups is 1. The lowest BCUT2D eigenvalue weighted by Crippen LogP contribution is -2.39. The van der Waals surface area contributed by atoms with Crippen molar-refractivity contribution in [1.82, 2.24) is 4.90 Å². The maximum atomic E-state index is 13.7. The van der Waals surface area contributed by atoms with E-state index in [-0.39, 0.29) is 12.4 Å². The minimum absolute atomic E-state index is 0.0381. The fraction of sp³-hybridized carbons (Fsp3) is 0.529. The predicted octanol–water partition coefficient (Wildman–Crippen LogP) is 2.89. The summed E-state index contributed by atoms with van der Waals surface area (Å²) in [5.74, 6) is 5.51. The molecule has 2 rings (SSSR count). The normalized spacial score (nSPS) is 22.7. The highest BCUT2D eigenvalue weighted by Gasteiger charge is 2.22. The monoisotopic (exact) mass is 307 g/mol. The molecule has 1 aliphatic rings. The standard InChI is InChI=1S/C17H22FNOS/c1-13-10-19(11-14(2)21-13)12-16-7-15(5-3-4-6-20)8-17(18)9-16/h7-9,13-14,20H,4,6,10-12H2,1-2H3. The van der Waals surface area contributed by atoms with Crippen LogP contribution in [0, 0.1) is 17.7 Å². The van der Waals surface area contributed by atoms with Crippen molar-refractivity contribution in [3.8, 4) is 11.8 Å². The van der Waals surface area contributed by atoms with Gasteiger partial charge in [0.2, 0.25) is 0 Å². The van der Waals surface area contributed by atoms with Gasteiger partial charge >= 0.3 is 0 Å². The molecule has 0 spiro atoms. The van der Waals surface area contributed by atoms with E-state index in [9.17, 15) is 4.39 Å². The Kier molecular flexibility index (Phi) is 6.10. The molecular weight excluding hydrogens is 285 g/mol. The maximum absolute atomic E-state index is 13.7. The van der Waals surface area contributed by atoms with Gasteiger partial charge < -0.3 is 5.11 Å². The molecule has 1 aromatic carbocycles. The highest BCUT2D eigenvalue weighted by Crippen LogP contribution is 2.25. The molecule has 114 valence electrons. The minimum Gasteiger partial charge on any atom is -0.395 e. The zero-order valence-corrected chi connectivity index (χ0v) is 13.4. The van der Waals surface area contributed by atoms with E-state index in [1.165, 1.54) is 6.07 Å². The number of thioether (sulfide) groups is 1. The molecule has 0 aromatic heterocycles. The number of hydrogen-bond donors (Lipinski definition) is 1. The average molecular weight is 307 g/mol. The Morgan fingerprint density at radius 1 is 1.29 bits per heavy atom. The van der Waals surface area contributed by atoms with Crippen LogP contribution in [-0.4, -0.2) is 40.2 Å². The van der Waals surface area contributed by atoms with E-state index in [2.05, 4.69) is 30.6 Å². The first-order valence-electron chi connectivity index (χ1n) is 7.34. The summed E-state index contributed by atoms with van der Waals surface area (Å²) in [6, 6.07) is 4.99. The molecule has 2 atom stereocenters. The highest BCUT2D eigenvalue weighted by molar-refractivity contribution is 8.00. The van der Waals surface area contributed by atoms with Crippen molar-refractivity contribution in [2.45, 2.75) is 37.3 Å². The van der Waals surface area contributed by atoms with E-state index in [4.69, 9.17) is 5.11 Å². The Bertz CT molecular complexity index is 527. The van der Waals surface area contributed by atoms with E-state index in [0.717, 1.165) is 25.2 Å². The number of aliphatic hydroxyl groups excluding tert-OH is 1. The van der Waals surface area contributed by atoms with Crippen LogP contribution in [0.4, 0.5) is 4.39 Å². The second-order valence-electron chi connectivity index (χ2n) is 5.57. The first kappa shape index (κ1) is 16.4. The van der Waals surface area contributed by atoms with Crippen molar-refractivity contribution in [3.63, 3.8) is 0 Å². The molecule has 1 saturated heterocycles. The quantitative estimate of drug-likeness (QED) is 0.869. The van der Waals surface area contributed by atoms with Gasteiger partial charge in [-0.25, -0.2) is 4.39 Å². The minimum atomic E-state index is -0.242. The van der Waals surface area contributed by atoms with Gasteiger partial charge in [0.15, 0.2) is 0 Å². The smallest absolute Gasteiger partial charge is 0.124 e. The number of hydrogen-bond acceptors (Lipinski definition) is 3. The van der Waals surface area contributed by atoms with E-state index in [1.54, 1.807) is 6.07 Å². The van der Waals surface area contributed by atoms with Crippen molar-refractivity contribution in [2.75, 3.05) is 19.7 Å². The summed E-state index contributed by atoms with van der Waals surface area (Å²) in [5, 5.41) is 9.97. The molecule has 1 N–H and O–H groups in total. The lowest BCUT2D eigenvalue weighted by atomic mass is 10.1. The number of rotatable bonds is 3. The molecule has 1 heterocycles. The van der Waals surface area contributed by atoms with E-state index < -0.39 is 0 Å². The maximum Gasteiger partial charge on any atom is 0.124 e. The second-order valence-corrected chi connectivity index (χ2v) is 7.46. The van der Waals surface area contributed by atoms with Gasteiger partial charge in [0.05, 0.1) is 6.61 Å². The van der Waals surface area contributed by atoms with Crippen LogP contribution in [0.5, 0.6) is 0 Å². The summed E-state index contributed by atoms with van der Waals surface area (Å²) in [4.78, 5) is 2.38. The Morgan fingerprint density at radius 2 is 2.00 bits per heavy atom. The largest absolute Gasteiger partial charge is 0.395 e. The number of halogens is 1. The van der Waals surface area contributed by atoms with Gasteiger partial charge in [-0.3, -0.25) is 4.90 Å². The Balaban J connectivity index is 2.07. The Labute approximate surface area is 130 Å². The summed E-state index contributed by atoms with van der Waals surface area (Å²) in [6.07, 6.45) is 0.421. The third-order valence-electron chi connectivity index (χ3n) is 3.33. The van der Waals surface area contributed by atoms with Crippen LogP contribution in [0.3, 0.4) is 0 Å². The van der Waals surface area contributed by atoms with E-state index >= 15 is 0 Å². The average Bonchev–Trinajstić information content (AvgIpc) is 2.37. The summed E-state index contributed by atoms with van der Waals surface area (Å²) in [7, 11) is 0. The Hall–Kier alpha value is -1.02. The van der Waals surface area contributed by atoms with Crippen LogP contribution in [0.2, 0.25) is 0 Å². The first-order valence-corrected chi connectivity index (χ1v) is 8.28. The molecule has 0 aliphatic carbocycles. The van der Waals surface area contributed by atoms with Crippen molar-refractivity contribution < 1.29 is 9.50 Å². The zero-order chi connectivity index (χ0) is 15.2. The molecular formula is C17H22FNOS. The SMILES string of the molecule is CC1CN(Cc2cc(F)cc(C#CCCO)c2)CC(C)S1. The third kappa shape index (κ3) is 5.35. The summed E-state index contributed by atoms with van der Waals surface area (Å²) < 4.78 is 13.7. The van der Waals surface area contributed by atoms with Crippen LogP contribution >= 0.6 is 11.8 Å². The molecule has 0 amide bonds. The van der Waals surface area contributed by atoms with Gasteiger partial charge in [-0.15, -0.1) is 0 Å². The lowest BCUT2D eigenvalue weighted by molar-refractivity contribution is 0.262. The molecule has 0 bridgehead atoms. The lowest BCUT2D eigenvalue weighted by Gasteiger charge is -2.34. The van der Waals surface area contributed by atoms with Gasteiger partial charge in [0.25, 0.3) is 0 Å². The second kappa shape index (κ2) is 7.84. The third-order valence-corrected chi connectivity index (χ3v) is 4.56. The van der Waals surface area contributed by atoms with Gasteiger partial charge in [0.1, 0.15) is 5.82 Å². The predicted molar refractivity (Wildman–Crippen MR) is 86.8 cm³/mol. The van der Waals surface area contributed by atoms with Crippen LogP contribution in [0.25, 0.3) is 0 Å². The summed E-state index contributed by atoms with van der Waals surface area (Å²) in [6.45, 7) is 7.36. The van der Waals surface area contributed by atoms with Gasteiger partial charge in [-0.2, -0.15) is 11.8 Å². The van der Waals surface area contributed by atoms with Crippen molar-refractivity contribution in [1.29, 1.82) is 0 Å². The van der Waals surface area contributed by atoms with Crippen LogP contribution < -0.4 is 0 Å². The first-order chi connectivity index (χ1) is 10.1. The van der Waals surface area contributed by atoms with Crippen LogP contribution in [-0.2, 0) is 6.54 Å². The molecule has 21 heavy (non-hydrogen) atoms. The van der Waals surface area contributed by atoms with Gasteiger partial charge in [-0.05, 0) is 23.8 Å². The van der Waals surface area contributed by atoms with Gasteiger partial charge in [0, 0.05) is 42.1 Å². The molecule has 2 nitrogen and oxygen atoms in total. The van der Waals surface area contributed by atoms with Crippen molar-refractivity contribution in [3.05, 3.63) is 35.1 Å². The summed E-state index contributed by atoms with van der Waals surface area (Å²) in [5.41, 5.74) is 1.65. The fourth-order valence-electron chi connectivity index (χ4n) is 2.71. The molecule has 0 radical (unpaired) electrons. The highest BCUT2D eigenvalue weighted by atomic mass is 32.2. The van der Waals surface area contributed by atoms with E-state index in [0.29, 0.717) is 22.5 Å². The molecule has 2 unspecified atom stereocenters. The molecule has 1 fully saturated rings. The zero-order valence-electron chi connectivity index (χ0n) is 12.6. The molecule has 4 heteroatoms. The Morgan fingerprint density at radius 3 is 2.67 bits per heavy atom. The molecule has 1 aromatic rings. The van der Waals surface area contributed by atoms with Crippen molar-refractivity contribution in [2.24, 2.45) is 0 Å². The van der Waals surface area contributed by atoms with E-state index in [1.807, 2.05) is 17.8 Å². The topological polar surface area (TPSA) is 23.5 Å². The van der Waals surface area contributed by atoms with Crippen molar-refractivity contribution >= 4 is 11.8 Å². The molecule has 1 aliphatic heterocycles. The number of benzene rings is 1. The fourth-order valence-corrected chi connectivity index (χ4v) is 4.09. The van der Waals surface area contributed by atoms with Crippen LogP contribution in [0.1, 0.15) is 31.4 Å². The van der Waals surface area contributed by atoms with Crippen LogP contribution in [0.15, 0.2) is 18.2 Å². The number of nitrogens with zero attached hydrogens (tertiary/aromatic N) is 1. The van der Waals surface area contributed by atoms with Gasteiger partial charge in [-0.1, -0.05) is 25.7 Å². The molecule has 0 saturated carbocycles. The summed E-state index contributed by atoms with van der Waals surface area (Å²) >= 11 is 2.01.